The maximum Gasteiger partial charge on any atom is 0.573 e. The molecule has 12 heteroatoms. The normalized spacial score (nSPS) is 11.5. The smallest absolute Gasteiger partial charge is 0.457 e. The van der Waals surface area contributed by atoms with Gasteiger partial charge >= 0.3 is 6.36 Å². The molecule has 9 nitrogen and oxygen atoms in total. The zero-order valence-corrected chi connectivity index (χ0v) is 85.1. The lowest BCUT2D eigenvalue weighted by molar-refractivity contribution is -0.274. The molecule has 0 aliphatic heterocycles. The number of hydrogen-bond donors (Lipinski definition) is 0. The largest absolute Gasteiger partial charge is 0.573 e. The third-order valence-electron chi connectivity index (χ3n) is 23.0. The van der Waals surface area contributed by atoms with Crippen LogP contribution in [0.25, 0.3) is 34.4 Å². The van der Waals surface area contributed by atoms with Gasteiger partial charge in [-0.3, -0.25) is 0 Å². The van der Waals surface area contributed by atoms with Crippen molar-refractivity contribution in [1.29, 1.82) is 0 Å². The third-order valence-corrected chi connectivity index (χ3v) is 23.0. The molecule has 15 aromatic rings. The van der Waals surface area contributed by atoms with Gasteiger partial charge in [-0.2, -0.15) is 0 Å². The molecule has 0 aliphatic rings. The fourth-order valence-corrected chi connectivity index (χ4v) is 15.1. The van der Waals surface area contributed by atoms with Crippen molar-refractivity contribution in [2.24, 2.45) is 0 Å². The molecule has 0 aliphatic carbocycles. The van der Waals surface area contributed by atoms with E-state index in [4.69, 9.17) is 37.9 Å². The average molecular weight is 1860 g/mol. The lowest BCUT2D eigenvalue weighted by atomic mass is 9.87. The average Bonchev–Trinajstić information content (AvgIpc) is 0.772. The van der Waals surface area contributed by atoms with Crippen molar-refractivity contribution in [2.75, 3.05) is 0 Å². The molecular weight excluding hydrogens is 1730 g/mol. The summed E-state index contributed by atoms with van der Waals surface area (Å²) in [5.74, 6) is 12.4. The van der Waals surface area contributed by atoms with Gasteiger partial charge in [0.25, 0.3) is 0 Å². The van der Waals surface area contributed by atoms with E-state index in [-0.39, 0.29) is 27.4 Å². The number of halogens is 3. The Balaban J connectivity index is 0.000000166. The zero-order chi connectivity index (χ0) is 100. The molecule has 0 fully saturated rings. The number of allylic oxidation sites excluding steroid dienone is 2. The number of benzene rings is 15. The number of ether oxygens (including phenoxy) is 9. The van der Waals surface area contributed by atoms with E-state index in [1.165, 1.54) is 91.0 Å². The maximum absolute atomic E-state index is 12.3. The Labute approximate surface area is 825 Å². The molecule has 0 saturated heterocycles. The highest BCUT2D eigenvalue weighted by atomic mass is 19.4. The summed E-state index contributed by atoms with van der Waals surface area (Å²) in [7, 11) is 0. The molecule has 0 aromatic heterocycles. The van der Waals surface area contributed by atoms with Gasteiger partial charge in [0.05, 0.1) is 0 Å². The Bertz CT molecular complexity index is 6460. The van der Waals surface area contributed by atoms with E-state index in [0.717, 1.165) is 147 Å². The van der Waals surface area contributed by atoms with Crippen LogP contribution in [-0.2, 0) is 40.9 Å². The molecule has 0 unspecified atom stereocenters. The van der Waals surface area contributed by atoms with E-state index in [0.29, 0.717) is 17.2 Å². The molecule has 0 radical (unpaired) electrons. The summed E-state index contributed by atoms with van der Waals surface area (Å²) in [6.45, 7) is 47.4. The van der Waals surface area contributed by atoms with Crippen LogP contribution >= 0.6 is 0 Å². The highest BCUT2D eigenvalue weighted by molar-refractivity contribution is 5.71. The fraction of sp³-hybridized carbons (Fsp3) is 0.260. The quantitative estimate of drug-likeness (QED) is 0.0500. The highest BCUT2D eigenvalue weighted by Gasteiger charge is 2.31. The number of hydrogen-bond acceptors (Lipinski definition) is 9. The van der Waals surface area contributed by atoms with Crippen molar-refractivity contribution in [2.45, 2.75) is 219 Å². The summed E-state index contributed by atoms with van der Waals surface area (Å²) in [5.41, 5.74) is 21.9. The molecule has 15 rings (SSSR count). The van der Waals surface area contributed by atoms with Crippen molar-refractivity contribution in [3.05, 3.63) is 424 Å². The minimum absolute atomic E-state index is 0.0925. The standard InChI is InChI=1S/C26H30O2.C26H28O2.C26H28O.C26H30O.C23H21F3O3/c2*1-6-7-20-18-24(27-22-12-8-19(2)9-13-22)16-17-25(20)28-23-14-10-21(11-15-23)26(3,4)5;1-6-8-21-15-16-22(20-13-11-19(2)12-14-20)17-25(21)27-24-10-7-9-23(18-24)26(3,4)5;1-6-8-20-11-12-22(21-10-7-9-19(2)17-21)18-25(20)27-24-15-13-23(14-16-24)26(3,4)5;1-3-5-20-21(27-17-10-8-16(2)9-11-17)6-4-7-22(20)28-18-12-14-19(15-13-18)29-23(24,25)26/h8-18H,6-7H2,1-5H3;6-18H,1-5H3;6-18H,1-5H3;7,9-18H,6,8H2,1-5H3;4,6-15H,3,5H2,1-2H3/b;7-6+;8-6+;;. The van der Waals surface area contributed by atoms with Crippen LogP contribution < -0.4 is 42.6 Å². The molecule has 0 atom stereocenters. The minimum Gasteiger partial charge on any atom is -0.457 e. The van der Waals surface area contributed by atoms with E-state index in [1.54, 1.807) is 0 Å². The zero-order valence-electron chi connectivity index (χ0n) is 85.1. The second-order valence-corrected chi connectivity index (χ2v) is 39.1. The molecule has 0 saturated carbocycles. The fourth-order valence-electron chi connectivity index (χ4n) is 15.1. The van der Waals surface area contributed by atoms with Gasteiger partial charge in [0, 0.05) is 16.7 Å². The van der Waals surface area contributed by atoms with Crippen LogP contribution in [0.4, 0.5) is 13.2 Å². The van der Waals surface area contributed by atoms with Crippen LogP contribution in [0.5, 0.6) is 97.7 Å². The summed E-state index contributed by atoms with van der Waals surface area (Å²) in [5, 5.41) is 0. The van der Waals surface area contributed by atoms with Crippen LogP contribution in [0, 0.1) is 34.6 Å². The van der Waals surface area contributed by atoms with Gasteiger partial charge in [0.2, 0.25) is 0 Å². The molecule has 0 bridgehead atoms. The first kappa shape index (κ1) is 105. The highest BCUT2D eigenvalue weighted by Crippen LogP contribution is 2.42. The molecule has 0 N–H and O–H groups in total. The second-order valence-electron chi connectivity index (χ2n) is 39.1. The van der Waals surface area contributed by atoms with Gasteiger partial charge in [-0.15, -0.1) is 13.2 Å². The molecule has 0 spiro atoms. The Hall–Kier alpha value is -14.2. The van der Waals surface area contributed by atoms with Crippen LogP contribution in [-0.4, -0.2) is 6.36 Å². The first-order valence-electron chi connectivity index (χ1n) is 48.2. The van der Waals surface area contributed by atoms with Crippen LogP contribution in [0.1, 0.15) is 215 Å². The van der Waals surface area contributed by atoms with Crippen molar-refractivity contribution in [3.63, 3.8) is 0 Å². The van der Waals surface area contributed by atoms with E-state index in [1.807, 2.05) is 179 Å². The Morgan fingerprint density at radius 2 is 0.568 bits per heavy atom. The first-order chi connectivity index (χ1) is 66.3. The monoisotopic (exact) mass is 1860 g/mol. The van der Waals surface area contributed by atoms with E-state index in [9.17, 15) is 13.2 Å². The Morgan fingerprint density at radius 1 is 0.230 bits per heavy atom. The topological polar surface area (TPSA) is 83.1 Å². The first-order valence-corrected chi connectivity index (χ1v) is 48.2. The summed E-state index contributed by atoms with van der Waals surface area (Å²) in [6, 6.07) is 110. The Morgan fingerprint density at radius 3 is 1.03 bits per heavy atom. The molecule has 0 heterocycles. The predicted octanol–water partition coefficient (Wildman–Crippen LogP) is 38.7. The summed E-state index contributed by atoms with van der Waals surface area (Å²) < 4.78 is 89.8. The molecule has 139 heavy (non-hydrogen) atoms. The van der Waals surface area contributed by atoms with Crippen LogP contribution in [0.3, 0.4) is 0 Å². The van der Waals surface area contributed by atoms with E-state index >= 15 is 0 Å². The number of alkyl halides is 3. The lowest BCUT2D eigenvalue weighted by Crippen LogP contribution is -2.16. The van der Waals surface area contributed by atoms with Crippen LogP contribution in [0.15, 0.2) is 346 Å². The van der Waals surface area contributed by atoms with Crippen molar-refractivity contribution in [1.82, 2.24) is 0 Å². The SMILES string of the molecule is C/C=C/c1cc(Oc2ccc(C)cc2)ccc1Oc1ccc(C(C)(C)C)cc1.C/C=C/c1ccc(-c2ccc(C)cc2)cc1Oc1cccc(C(C)(C)C)c1.CCCc1c(Oc2ccc(C)cc2)cccc1Oc1ccc(OC(F)(F)F)cc1.CCCc1cc(Oc2ccc(C)cc2)ccc1Oc1ccc(C(C)(C)C)cc1.CCCc1ccc(-c2cccc(C)c2)cc1Oc1ccc(C(C)(C)C)cc1. The van der Waals surface area contributed by atoms with Gasteiger partial charge in [0.15, 0.2) is 0 Å². The summed E-state index contributed by atoms with van der Waals surface area (Å²) >= 11 is 0. The number of rotatable bonds is 27. The van der Waals surface area contributed by atoms with Crippen LogP contribution in [0.2, 0.25) is 0 Å². The van der Waals surface area contributed by atoms with Crippen molar-refractivity contribution in [3.8, 4) is 120 Å². The molecule has 720 valence electrons. The molecule has 15 aromatic carbocycles. The predicted molar refractivity (Wildman–Crippen MR) is 572 cm³/mol. The third kappa shape index (κ3) is 33.0. The molecule has 0 amide bonds. The van der Waals surface area contributed by atoms with Gasteiger partial charge in [0.1, 0.15) is 97.7 Å². The molecular formula is C127H137F3O9. The van der Waals surface area contributed by atoms with Crippen molar-refractivity contribution < 1.29 is 55.8 Å². The summed E-state index contributed by atoms with van der Waals surface area (Å²) in [6.07, 6.45) is 9.15. The maximum atomic E-state index is 12.3. The minimum atomic E-state index is -4.72. The summed E-state index contributed by atoms with van der Waals surface area (Å²) in [4.78, 5) is 0. The van der Waals surface area contributed by atoms with E-state index < -0.39 is 6.36 Å². The van der Waals surface area contributed by atoms with Gasteiger partial charge < -0.3 is 42.6 Å². The second kappa shape index (κ2) is 49.2. The van der Waals surface area contributed by atoms with Crippen molar-refractivity contribution >= 4 is 12.2 Å². The lowest BCUT2D eigenvalue weighted by Gasteiger charge is -2.20. The Kier molecular flexibility index (Phi) is 37.2. The van der Waals surface area contributed by atoms with Gasteiger partial charge in [-0.25, -0.2) is 0 Å². The van der Waals surface area contributed by atoms with E-state index in [2.05, 4.69) is 312 Å². The van der Waals surface area contributed by atoms with Gasteiger partial charge in [-0.05, 0) is 315 Å². The number of aryl methyl sites for hydroxylation is 7. The van der Waals surface area contributed by atoms with Gasteiger partial charge in [-0.1, -0.05) is 339 Å².